The quantitative estimate of drug-likeness (QED) is 0.796. The van der Waals surface area contributed by atoms with Gasteiger partial charge in [0.05, 0.1) is 6.54 Å². The summed E-state index contributed by atoms with van der Waals surface area (Å²) in [5, 5.41) is 7.74. The normalized spacial score (nSPS) is 10.4. The first kappa shape index (κ1) is 12.6. The summed E-state index contributed by atoms with van der Waals surface area (Å²) >= 11 is 5.91. The van der Waals surface area contributed by atoms with Gasteiger partial charge in [0.2, 0.25) is 11.7 Å². The second-order valence-corrected chi connectivity index (χ2v) is 4.53. The number of aromatic nitrogens is 3. The zero-order chi connectivity index (χ0) is 13.8. The highest BCUT2D eigenvalue weighted by Crippen LogP contribution is 2.16. The van der Waals surface area contributed by atoms with E-state index in [1.807, 2.05) is 42.5 Å². The fourth-order valence-electron chi connectivity index (χ4n) is 1.70. The van der Waals surface area contributed by atoms with Crippen LogP contribution in [0.4, 0.5) is 5.69 Å². The van der Waals surface area contributed by atoms with Crippen molar-refractivity contribution in [2.75, 3.05) is 5.32 Å². The average Bonchev–Trinajstić information content (AvgIpc) is 2.95. The third-order valence-corrected chi connectivity index (χ3v) is 2.87. The number of halogens is 1. The van der Waals surface area contributed by atoms with Gasteiger partial charge in [-0.1, -0.05) is 28.9 Å². The van der Waals surface area contributed by atoms with Gasteiger partial charge in [-0.15, -0.1) is 0 Å². The van der Waals surface area contributed by atoms with Crippen LogP contribution in [0.15, 0.2) is 53.2 Å². The summed E-state index contributed by atoms with van der Waals surface area (Å²) in [5.74, 6) is 0.971. The van der Waals surface area contributed by atoms with E-state index >= 15 is 0 Å². The standard InChI is InChI=1S/C14H11ClN4O/c15-10-4-3-5-11(8-10)17-9-13-18-14(19-20-13)12-6-1-2-7-16-12/h1-8,17H,9H2. The van der Waals surface area contributed by atoms with Crippen molar-refractivity contribution in [3.63, 3.8) is 0 Å². The molecule has 6 heteroatoms. The van der Waals surface area contributed by atoms with Gasteiger partial charge in [0.1, 0.15) is 5.69 Å². The van der Waals surface area contributed by atoms with Crippen LogP contribution in [0, 0.1) is 0 Å². The molecule has 5 nitrogen and oxygen atoms in total. The lowest BCUT2D eigenvalue weighted by molar-refractivity contribution is 0.384. The first-order valence-corrected chi connectivity index (χ1v) is 6.42. The second kappa shape index (κ2) is 5.71. The Kier molecular flexibility index (Phi) is 3.60. The molecule has 2 aromatic heterocycles. The van der Waals surface area contributed by atoms with Crippen molar-refractivity contribution < 1.29 is 4.52 Å². The molecule has 0 aliphatic rings. The van der Waals surface area contributed by atoms with Crippen LogP contribution in [0.25, 0.3) is 11.5 Å². The maximum Gasteiger partial charge on any atom is 0.246 e. The smallest absolute Gasteiger partial charge is 0.246 e. The van der Waals surface area contributed by atoms with Gasteiger partial charge in [-0.3, -0.25) is 4.98 Å². The molecule has 0 radical (unpaired) electrons. The SMILES string of the molecule is Clc1cccc(NCc2nc(-c3ccccn3)no2)c1. The minimum Gasteiger partial charge on any atom is -0.376 e. The Labute approximate surface area is 120 Å². The maximum atomic E-state index is 5.91. The van der Waals surface area contributed by atoms with E-state index in [1.165, 1.54) is 0 Å². The zero-order valence-electron chi connectivity index (χ0n) is 10.5. The molecule has 0 spiro atoms. The molecule has 3 aromatic rings. The van der Waals surface area contributed by atoms with Crippen LogP contribution in [0.1, 0.15) is 5.89 Å². The third kappa shape index (κ3) is 2.95. The van der Waals surface area contributed by atoms with Gasteiger partial charge in [0.25, 0.3) is 0 Å². The summed E-state index contributed by atoms with van der Waals surface area (Å²) in [6.45, 7) is 0.431. The monoisotopic (exact) mass is 286 g/mol. The van der Waals surface area contributed by atoms with Gasteiger partial charge in [0, 0.05) is 16.9 Å². The molecule has 20 heavy (non-hydrogen) atoms. The topological polar surface area (TPSA) is 63.8 Å². The Morgan fingerprint density at radius 1 is 1.15 bits per heavy atom. The van der Waals surface area contributed by atoms with Gasteiger partial charge in [-0.05, 0) is 30.3 Å². The lowest BCUT2D eigenvalue weighted by atomic mass is 10.3. The highest BCUT2D eigenvalue weighted by Gasteiger charge is 2.08. The molecule has 0 bridgehead atoms. The van der Waals surface area contributed by atoms with Crippen LogP contribution in [0.3, 0.4) is 0 Å². The lowest BCUT2D eigenvalue weighted by Gasteiger charge is -2.02. The van der Waals surface area contributed by atoms with E-state index in [0.717, 1.165) is 5.69 Å². The molecule has 100 valence electrons. The molecule has 0 amide bonds. The van der Waals surface area contributed by atoms with Crippen molar-refractivity contribution >= 4 is 17.3 Å². The number of hydrogen-bond acceptors (Lipinski definition) is 5. The summed E-state index contributed by atoms with van der Waals surface area (Å²) < 4.78 is 5.17. The number of hydrogen-bond donors (Lipinski definition) is 1. The van der Waals surface area contributed by atoms with E-state index in [4.69, 9.17) is 16.1 Å². The number of nitrogens with one attached hydrogen (secondary N) is 1. The molecule has 0 aliphatic heterocycles. The lowest BCUT2D eigenvalue weighted by Crippen LogP contribution is -1.99. The Morgan fingerprint density at radius 3 is 2.90 bits per heavy atom. The molecule has 0 aliphatic carbocycles. The molecule has 1 aromatic carbocycles. The van der Waals surface area contributed by atoms with E-state index in [9.17, 15) is 0 Å². The molecular weight excluding hydrogens is 276 g/mol. The Balaban J connectivity index is 1.69. The van der Waals surface area contributed by atoms with Crippen molar-refractivity contribution in [1.82, 2.24) is 15.1 Å². The summed E-state index contributed by atoms with van der Waals surface area (Å²) in [5.41, 5.74) is 1.58. The summed E-state index contributed by atoms with van der Waals surface area (Å²) in [4.78, 5) is 8.45. The highest BCUT2D eigenvalue weighted by molar-refractivity contribution is 6.30. The number of pyridine rings is 1. The molecular formula is C14H11ClN4O. The van der Waals surface area contributed by atoms with Crippen molar-refractivity contribution in [3.8, 4) is 11.5 Å². The second-order valence-electron chi connectivity index (χ2n) is 4.09. The van der Waals surface area contributed by atoms with Gasteiger partial charge < -0.3 is 9.84 Å². The van der Waals surface area contributed by atoms with Crippen LogP contribution in [0.2, 0.25) is 5.02 Å². The van der Waals surface area contributed by atoms with E-state index < -0.39 is 0 Å². The van der Waals surface area contributed by atoms with E-state index in [1.54, 1.807) is 6.20 Å². The molecule has 0 unspecified atom stereocenters. The van der Waals surface area contributed by atoms with Crippen molar-refractivity contribution in [2.45, 2.75) is 6.54 Å². The fraction of sp³-hybridized carbons (Fsp3) is 0.0714. The Hall–Kier alpha value is -2.40. The van der Waals surface area contributed by atoms with Crippen LogP contribution in [-0.4, -0.2) is 15.1 Å². The van der Waals surface area contributed by atoms with Crippen molar-refractivity contribution in [1.29, 1.82) is 0 Å². The molecule has 0 saturated heterocycles. The minimum absolute atomic E-state index is 0.431. The largest absolute Gasteiger partial charge is 0.376 e. The van der Waals surface area contributed by atoms with Gasteiger partial charge >= 0.3 is 0 Å². The zero-order valence-corrected chi connectivity index (χ0v) is 11.2. The van der Waals surface area contributed by atoms with Crippen LogP contribution >= 0.6 is 11.6 Å². The first-order chi connectivity index (χ1) is 9.81. The maximum absolute atomic E-state index is 5.91. The predicted octanol–water partition coefficient (Wildman–Crippen LogP) is 3.40. The van der Waals surface area contributed by atoms with Crippen LogP contribution in [0.5, 0.6) is 0 Å². The van der Waals surface area contributed by atoms with Gasteiger partial charge in [0.15, 0.2) is 0 Å². The van der Waals surface area contributed by atoms with Crippen molar-refractivity contribution in [3.05, 3.63) is 59.6 Å². The van der Waals surface area contributed by atoms with Gasteiger partial charge in [-0.25, -0.2) is 0 Å². The summed E-state index contributed by atoms with van der Waals surface area (Å²) in [7, 11) is 0. The molecule has 0 fully saturated rings. The van der Waals surface area contributed by atoms with Crippen LogP contribution in [-0.2, 0) is 6.54 Å². The molecule has 2 heterocycles. The fourth-order valence-corrected chi connectivity index (χ4v) is 1.89. The minimum atomic E-state index is 0.431. The molecule has 1 N–H and O–H groups in total. The van der Waals surface area contributed by atoms with Crippen molar-refractivity contribution in [2.24, 2.45) is 0 Å². The summed E-state index contributed by atoms with van der Waals surface area (Å²) in [6, 6.07) is 13.0. The number of anilines is 1. The van der Waals surface area contributed by atoms with E-state index in [2.05, 4.69) is 20.4 Å². The van der Waals surface area contributed by atoms with E-state index in [-0.39, 0.29) is 0 Å². The Bertz CT molecular complexity index is 699. The number of rotatable bonds is 4. The number of benzene rings is 1. The van der Waals surface area contributed by atoms with Gasteiger partial charge in [-0.2, -0.15) is 4.98 Å². The first-order valence-electron chi connectivity index (χ1n) is 6.05. The summed E-state index contributed by atoms with van der Waals surface area (Å²) in [6.07, 6.45) is 1.69. The number of nitrogens with zero attached hydrogens (tertiary/aromatic N) is 3. The highest BCUT2D eigenvalue weighted by atomic mass is 35.5. The average molecular weight is 287 g/mol. The Morgan fingerprint density at radius 2 is 2.10 bits per heavy atom. The third-order valence-electron chi connectivity index (χ3n) is 2.63. The van der Waals surface area contributed by atoms with E-state index in [0.29, 0.717) is 29.0 Å². The molecule has 0 atom stereocenters. The molecule has 0 saturated carbocycles. The molecule has 3 rings (SSSR count). The van der Waals surface area contributed by atoms with Crippen LogP contribution < -0.4 is 5.32 Å². The predicted molar refractivity (Wildman–Crippen MR) is 76.3 cm³/mol.